The first kappa shape index (κ1) is 11.4. The average molecular weight is 245 g/mol. The van der Waals surface area contributed by atoms with Crippen LogP contribution >= 0.6 is 0 Å². The number of aryl methyl sites for hydroxylation is 1. The highest BCUT2D eigenvalue weighted by molar-refractivity contribution is 5.54. The third-order valence-corrected chi connectivity index (χ3v) is 2.95. The maximum absolute atomic E-state index is 5.57. The SMILES string of the molecule is Cc1ccc(-c2noc(C3CNCCO3)n2)cc1. The molecule has 5 nitrogen and oxygen atoms in total. The second kappa shape index (κ2) is 4.88. The van der Waals surface area contributed by atoms with E-state index in [9.17, 15) is 0 Å². The van der Waals surface area contributed by atoms with Crippen LogP contribution in [0.3, 0.4) is 0 Å². The second-order valence-corrected chi connectivity index (χ2v) is 4.39. The minimum atomic E-state index is -0.134. The van der Waals surface area contributed by atoms with Gasteiger partial charge in [0.1, 0.15) is 6.10 Å². The summed E-state index contributed by atoms with van der Waals surface area (Å²) in [4.78, 5) is 4.39. The van der Waals surface area contributed by atoms with Gasteiger partial charge in [-0.3, -0.25) is 0 Å². The van der Waals surface area contributed by atoms with E-state index in [0.717, 1.165) is 18.7 Å². The lowest BCUT2D eigenvalue weighted by molar-refractivity contribution is 0.00755. The highest BCUT2D eigenvalue weighted by Crippen LogP contribution is 2.21. The molecule has 0 spiro atoms. The van der Waals surface area contributed by atoms with Crippen LogP contribution in [0.1, 0.15) is 17.6 Å². The van der Waals surface area contributed by atoms with E-state index in [1.165, 1.54) is 5.56 Å². The van der Waals surface area contributed by atoms with Crippen molar-refractivity contribution >= 4 is 0 Å². The summed E-state index contributed by atoms with van der Waals surface area (Å²) < 4.78 is 10.8. The van der Waals surface area contributed by atoms with Gasteiger partial charge >= 0.3 is 0 Å². The first-order valence-electron chi connectivity index (χ1n) is 6.06. The number of nitrogens with zero attached hydrogens (tertiary/aromatic N) is 2. The van der Waals surface area contributed by atoms with Gasteiger partial charge in [0.2, 0.25) is 5.82 Å². The van der Waals surface area contributed by atoms with Crippen molar-refractivity contribution in [2.24, 2.45) is 0 Å². The van der Waals surface area contributed by atoms with Crippen LogP contribution in [0.5, 0.6) is 0 Å². The number of ether oxygens (including phenoxy) is 1. The molecule has 0 amide bonds. The Morgan fingerprint density at radius 3 is 2.83 bits per heavy atom. The van der Waals surface area contributed by atoms with Crippen LogP contribution in [-0.2, 0) is 4.74 Å². The second-order valence-electron chi connectivity index (χ2n) is 4.39. The molecule has 5 heteroatoms. The maximum Gasteiger partial charge on any atom is 0.257 e. The molecule has 0 bridgehead atoms. The van der Waals surface area contributed by atoms with Crippen molar-refractivity contribution in [1.29, 1.82) is 0 Å². The monoisotopic (exact) mass is 245 g/mol. The highest BCUT2D eigenvalue weighted by Gasteiger charge is 2.22. The van der Waals surface area contributed by atoms with Crippen LogP contribution in [0.4, 0.5) is 0 Å². The summed E-state index contributed by atoms with van der Waals surface area (Å²) in [6.45, 7) is 4.31. The molecule has 1 fully saturated rings. The molecule has 3 rings (SSSR count). The Kier molecular flexibility index (Phi) is 3.08. The van der Waals surface area contributed by atoms with Gasteiger partial charge in [0.15, 0.2) is 0 Å². The van der Waals surface area contributed by atoms with Crippen molar-refractivity contribution in [3.8, 4) is 11.4 Å². The van der Waals surface area contributed by atoms with E-state index in [-0.39, 0.29) is 6.10 Å². The molecular formula is C13H15N3O2. The number of benzene rings is 1. The molecule has 2 heterocycles. The first-order chi connectivity index (χ1) is 8.83. The Balaban J connectivity index is 1.82. The van der Waals surface area contributed by atoms with Crippen LogP contribution in [0.15, 0.2) is 28.8 Å². The Bertz CT molecular complexity index is 515. The molecule has 1 atom stereocenters. The van der Waals surface area contributed by atoms with Crippen molar-refractivity contribution in [1.82, 2.24) is 15.5 Å². The molecule has 1 aromatic carbocycles. The zero-order chi connectivity index (χ0) is 12.4. The largest absolute Gasteiger partial charge is 0.366 e. The van der Waals surface area contributed by atoms with Crippen molar-refractivity contribution in [3.05, 3.63) is 35.7 Å². The van der Waals surface area contributed by atoms with Crippen LogP contribution in [0.2, 0.25) is 0 Å². The molecule has 2 aromatic rings. The van der Waals surface area contributed by atoms with Crippen molar-refractivity contribution in [3.63, 3.8) is 0 Å². The molecule has 1 N–H and O–H groups in total. The molecule has 1 unspecified atom stereocenters. The molecule has 94 valence electrons. The van der Waals surface area contributed by atoms with Crippen LogP contribution in [-0.4, -0.2) is 29.8 Å². The lowest BCUT2D eigenvalue weighted by Crippen LogP contribution is -2.33. The highest BCUT2D eigenvalue weighted by atomic mass is 16.5. The summed E-state index contributed by atoms with van der Waals surface area (Å²) >= 11 is 0. The summed E-state index contributed by atoms with van der Waals surface area (Å²) in [6, 6.07) is 8.04. The molecular weight excluding hydrogens is 230 g/mol. The third kappa shape index (κ3) is 2.27. The van der Waals surface area contributed by atoms with E-state index in [0.29, 0.717) is 18.3 Å². The van der Waals surface area contributed by atoms with Crippen molar-refractivity contribution in [2.75, 3.05) is 19.7 Å². The summed E-state index contributed by atoms with van der Waals surface area (Å²) in [5.74, 6) is 1.15. The van der Waals surface area contributed by atoms with Crippen molar-refractivity contribution < 1.29 is 9.26 Å². The van der Waals surface area contributed by atoms with Crippen LogP contribution in [0, 0.1) is 6.92 Å². The average Bonchev–Trinajstić information content (AvgIpc) is 2.90. The zero-order valence-corrected chi connectivity index (χ0v) is 10.2. The topological polar surface area (TPSA) is 60.2 Å². The van der Waals surface area contributed by atoms with Crippen LogP contribution < -0.4 is 5.32 Å². The van der Waals surface area contributed by atoms with Gasteiger partial charge in [0, 0.05) is 18.7 Å². The van der Waals surface area contributed by atoms with Gasteiger partial charge < -0.3 is 14.6 Å². The molecule has 1 aliphatic rings. The molecule has 0 aliphatic carbocycles. The van der Waals surface area contributed by atoms with E-state index in [2.05, 4.69) is 15.5 Å². The Morgan fingerprint density at radius 1 is 1.28 bits per heavy atom. The van der Waals surface area contributed by atoms with E-state index in [4.69, 9.17) is 9.26 Å². The van der Waals surface area contributed by atoms with Gasteiger partial charge in [-0.1, -0.05) is 35.0 Å². The summed E-state index contributed by atoms with van der Waals surface area (Å²) in [5, 5.41) is 7.23. The van der Waals surface area contributed by atoms with Crippen LogP contribution in [0.25, 0.3) is 11.4 Å². The Labute approximate surface area is 105 Å². The smallest absolute Gasteiger partial charge is 0.257 e. The number of aromatic nitrogens is 2. The first-order valence-corrected chi connectivity index (χ1v) is 6.06. The summed E-state index contributed by atoms with van der Waals surface area (Å²) in [5.41, 5.74) is 2.17. The standard InChI is InChI=1S/C13H15N3O2/c1-9-2-4-10(5-3-9)12-15-13(18-16-12)11-8-14-6-7-17-11/h2-5,11,14H,6-8H2,1H3. The van der Waals surface area contributed by atoms with E-state index in [1.807, 2.05) is 31.2 Å². The minimum absolute atomic E-state index is 0.134. The normalized spacial score (nSPS) is 19.9. The molecule has 0 saturated carbocycles. The number of hydrogen-bond acceptors (Lipinski definition) is 5. The number of hydrogen-bond donors (Lipinski definition) is 1. The van der Waals surface area contributed by atoms with Gasteiger partial charge in [-0.15, -0.1) is 0 Å². The fraction of sp³-hybridized carbons (Fsp3) is 0.385. The van der Waals surface area contributed by atoms with Gasteiger partial charge in [0.05, 0.1) is 6.61 Å². The minimum Gasteiger partial charge on any atom is -0.366 e. The number of rotatable bonds is 2. The van der Waals surface area contributed by atoms with Gasteiger partial charge in [-0.05, 0) is 6.92 Å². The summed E-state index contributed by atoms with van der Waals surface area (Å²) in [7, 11) is 0. The lowest BCUT2D eigenvalue weighted by atomic mass is 10.1. The van der Waals surface area contributed by atoms with Gasteiger partial charge in [-0.2, -0.15) is 4.98 Å². The molecule has 1 aliphatic heterocycles. The quantitative estimate of drug-likeness (QED) is 0.872. The van der Waals surface area contributed by atoms with Gasteiger partial charge in [0.25, 0.3) is 5.89 Å². The Hall–Kier alpha value is -1.72. The summed E-state index contributed by atoms with van der Waals surface area (Å²) in [6.07, 6.45) is -0.134. The maximum atomic E-state index is 5.57. The number of morpholine rings is 1. The lowest BCUT2D eigenvalue weighted by Gasteiger charge is -2.19. The molecule has 0 radical (unpaired) electrons. The Morgan fingerprint density at radius 2 is 2.11 bits per heavy atom. The van der Waals surface area contributed by atoms with Gasteiger partial charge in [-0.25, -0.2) is 0 Å². The zero-order valence-electron chi connectivity index (χ0n) is 10.2. The predicted octanol–water partition coefficient (Wildman–Crippen LogP) is 1.71. The molecule has 1 aromatic heterocycles. The predicted molar refractivity (Wildman–Crippen MR) is 66.0 cm³/mol. The van der Waals surface area contributed by atoms with Crippen molar-refractivity contribution in [2.45, 2.75) is 13.0 Å². The molecule has 18 heavy (non-hydrogen) atoms. The number of nitrogens with one attached hydrogen (secondary N) is 1. The molecule has 1 saturated heterocycles. The van der Waals surface area contributed by atoms with E-state index >= 15 is 0 Å². The van der Waals surface area contributed by atoms with E-state index < -0.39 is 0 Å². The fourth-order valence-electron chi connectivity index (χ4n) is 1.91. The van der Waals surface area contributed by atoms with E-state index in [1.54, 1.807) is 0 Å². The fourth-order valence-corrected chi connectivity index (χ4v) is 1.91. The third-order valence-electron chi connectivity index (χ3n) is 2.95.